The van der Waals surface area contributed by atoms with Crippen LogP contribution < -0.4 is 14.5 Å². The molecule has 3 rings (SSSR count). The summed E-state index contributed by atoms with van der Waals surface area (Å²) < 4.78 is 45.6. The Bertz CT molecular complexity index is 897. The van der Waals surface area contributed by atoms with Crippen LogP contribution in [0.5, 0.6) is 5.75 Å². The van der Waals surface area contributed by atoms with Gasteiger partial charge >= 0.3 is 0 Å². The average Bonchev–Trinajstić information content (AvgIpc) is 2.68. The van der Waals surface area contributed by atoms with Crippen LogP contribution >= 0.6 is 0 Å². The van der Waals surface area contributed by atoms with Crippen molar-refractivity contribution < 1.29 is 17.5 Å². The number of methoxy groups -OCH3 is 1. The van der Waals surface area contributed by atoms with E-state index in [1.165, 1.54) is 23.5 Å². The Kier molecular flexibility index (Phi) is 5.47. The molecule has 0 unspecified atom stereocenters. The Morgan fingerprint density at radius 3 is 2.30 bits per heavy atom. The maximum Gasteiger partial charge on any atom is 0.243 e. The second-order valence-electron chi connectivity index (χ2n) is 6.33. The van der Waals surface area contributed by atoms with Crippen molar-refractivity contribution in [3.05, 3.63) is 36.1 Å². The van der Waals surface area contributed by atoms with Crippen LogP contribution in [0.25, 0.3) is 0 Å². The van der Waals surface area contributed by atoms with Crippen molar-refractivity contribution in [1.29, 1.82) is 0 Å². The number of piperazine rings is 1. The fourth-order valence-electron chi connectivity index (χ4n) is 2.84. The first-order valence-corrected chi connectivity index (χ1v) is 9.86. The van der Waals surface area contributed by atoms with Crippen LogP contribution in [0, 0.1) is 5.82 Å². The van der Waals surface area contributed by atoms with Crippen molar-refractivity contribution in [1.82, 2.24) is 14.5 Å². The Morgan fingerprint density at radius 2 is 1.78 bits per heavy atom. The van der Waals surface area contributed by atoms with Crippen LogP contribution in [0.2, 0.25) is 0 Å². The molecular weight excluding hydrogens is 373 g/mol. The summed E-state index contributed by atoms with van der Waals surface area (Å²) in [7, 11) is 1.34. The molecule has 0 bridgehead atoms. The number of aromatic nitrogens is 2. The zero-order chi connectivity index (χ0) is 19.6. The molecule has 1 aliphatic heterocycles. The molecule has 0 N–H and O–H groups in total. The van der Waals surface area contributed by atoms with Crippen LogP contribution in [0.4, 0.5) is 16.0 Å². The van der Waals surface area contributed by atoms with Crippen molar-refractivity contribution >= 4 is 21.7 Å². The fraction of sp³-hybridized carbons (Fsp3) is 0.412. The Labute approximate surface area is 158 Å². The van der Waals surface area contributed by atoms with Gasteiger partial charge in [0.05, 0.1) is 12.0 Å². The van der Waals surface area contributed by atoms with Crippen LogP contribution in [0.1, 0.15) is 0 Å². The Morgan fingerprint density at radius 1 is 1.07 bits per heavy atom. The molecule has 2 heterocycles. The molecule has 2 aromatic rings. The molecule has 0 aliphatic carbocycles. The van der Waals surface area contributed by atoms with Crippen LogP contribution in [0.3, 0.4) is 0 Å². The van der Waals surface area contributed by atoms with Crippen molar-refractivity contribution in [3.8, 4) is 5.75 Å². The zero-order valence-electron chi connectivity index (χ0n) is 15.5. The van der Waals surface area contributed by atoms with Gasteiger partial charge in [-0.05, 0) is 30.3 Å². The van der Waals surface area contributed by atoms with Crippen molar-refractivity contribution in [3.63, 3.8) is 0 Å². The SMILES string of the molecule is COc1ccc(S(=O)(=O)N2CCN(c3ccc(N(C)C)nn3)CC2)cc1F. The van der Waals surface area contributed by atoms with Gasteiger partial charge in [-0.25, -0.2) is 12.8 Å². The van der Waals surface area contributed by atoms with E-state index in [1.54, 1.807) is 0 Å². The summed E-state index contributed by atoms with van der Waals surface area (Å²) in [6.07, 6.45) is 0. The monoisotopic (exact) mass is 395 g/mol. The van der Waals surface area contributed by atoms with Crippen molar-refractivity contribution in [2.45, 2.75) is 4.90 Å². The highest BCUT2D eigenvalue weighted by Gasteiger charge is 2.29. The lowest BCUT2D eigenvalue weighted by Crippen LogP contribution is -2.49. The van der Waals surface area contributed by atoms with Gasteiger partial charge in [0.15, 0.2) is 23.2 Å². The van der Waals surface area contributed by atoms with E-state index in [9.17, 15) is 12.8 Å². The van der Waals surface area contributed by atoms with Crippen LogP contribution in [-0.2, 0) is 10.0 Å². The van der Waals surface area contributed by atoms with Gasteiger partial charge in [0, 0.05) is 40.3 Å². The molecule has 1 saturated heterocycles. The standard InChI is InChI=1S/C17H22FN5O3S/c1-21(2)16-6-7-17(20-19-16)22-8-10-23(11-9-22)27(24,25)13-4-5-15(26-3)14(18)12-13/h4-7,12H,8-11H2,1-3H3. The number of rotatable bonds is 5. The lowest BCUT2D eigenvalue weighted by Gasteiger charge is -2.34. The first-order chi connectivity index (χ1) is 12.8. The smallest absolute Gasteiger partial charge is 0.243 e. The summed E-state index contributed by atoms with van der Waals surface area (Å²) >= 11 is 0. The summed E-state index contributed by atoms with van der Waals surface area (Å²) in [5, 5.41) is 8.35. The summed E-state index contributed by atoms with van der Waals surface area (Å²) in [6.45, 7) is 1.53. The summed E-state index contributed by atoms with van der Waals surface area (Å²) in [6, 6.07) is 7.40. The molecule has 1 fully saturated rings. The first-order valence-electron chi connectivity index (χ1n) is 8.42. The fourth-order valence-corrected chi connectivity index (χ4v) is 4.27. The number of sulfonamides is 1. The lowest BCUT2D eigenvalue weighted by atomic mass is 10.3. The molecule has 0 spiro atoms. The molecule has 0 atom stereocenters. The number of hydrogen-bond donors (Lipinski definition) is 0. The quantitative estimate of drug-likeness (QED) is 0.753. The number of nitrogens with zero attached hydrogens (tertiary/aromatic N) is 5. The minimum absolute atomic E-state index is 0.0125. The normalized spacial score (nSPS) is 15.6. The summed E-state index contributed by atoms with van der Waals surface area (Å²) in [4.78, 5) is 3.76. The topological polar surface area (TPSA) is 78.9 Å². The van der Waals surface area contributed by atoms with Gasteiger partial charge in [0.25, 0.3) is 0 Å². The number of hydrogen-bond acceptors (Lipinski definition) is 7. The molecule has 146 valence electrons. The van der Waals surface area contributed by atoms with Crippen molar-refractivity contribution in [2.75, 3.05) is 57.2 Å². The molecule has 0 saturated carbocycles. The van der Waals surface area contributed by atoms with E-state index in [4.69, 9.17) is 4.74 Å². The third-order valence-electron chi connectivity index (χ3n) is 4.42. The highest BCUT2D eigenvalue weighted by atomic mass is 32.2. The number of halogens is 1. The number of benzene rings is 1. The first kappa shape index (κ1) is 19.3. The average molecular weight is 395 g/mol. The molecule has 1 aliphatic rings. The minimum Gasteiger partial charge on any atom is -0.494 e. The van der Waals surface area contributed by atoms with Gasteiger partial charge in [0.2, 0.25) is 10.0 Å². The summed E-state index contributed by atoms with van der Waals surface area (Å²) in [5.41, 5.74) is 0. The van der Waals surface area contributed by atoms with E-state index in [2.05, 4.69) is 10.2 Å². The van der Waals surface area contributed by atoms with Gasteiger partial charge in [-0.15, -0.1) is 10.2 Å². The Balaban J connectivity index is 1.70. The molecule has 1 aromatic carbocycles. The van der Waals surface area contributed by atoms with E-state index in [0.29, 0.717) is 18.9 Å². The molecule has 0 amide bonds. The third kappa shape index (κ3) is 3.96. The summed E-state index contributed by atoms with van der Waals surface area (Å²) in [5.74, 6) is 0.765. The highest BCUT2D eigenvalue weighted by molar-refractivity contribution is 7.89. The largest absolute Gasteiger partial charge is 0.494 e. The van der Waals surface area contributed by atoms with Gasteiger partial charge < -0.3 is 14.5 Å². The van der Waals surface area contributed by atoms with Gasteiger partial charge in [-0.3, -0.25) is 0 Å². The number of anilines is 2. The second kappa shape index (κ2) is 7.65. The molecule has 8 nitrogen and oxygen atoms in total. The highest BCUT2D eigenvalue weighted by Crippen LogP contribution is 2.24. The maximum absolute atomic E-state index is 13.9. The molecule has 1 aromatic heterocycles. The van der Waals surface area contributed by atoms with E-state index in [-0.39, 0.29) is 23.7 Å². The molecule has 10 heteroatoms. The predicted octanol–water partition coefficient (Wildman–Crippen LogP) is 1.20. The van der Waals surface area contributed by atoms with Gasteiger partial charge in [0.1, 0.15) is 0 Å². The minimum atomic E-state index is -3.76. The van der Waals surface area contributed by atoms with E-state index < -0.39 is 15.8 Å². The molecule has 27 heavy (non-hydrogen) atoms. The van der Waals surface area contributed by atoms with Gasteiger partial charge in [-0.2, -0.15) is 4.31 Å². The van der Waals surface area contributed by atoms with Crippen molar-refractivity contribution in [2.24, 2.45) is 0 Å². The van der Waals surface area contributed by atoms with Crippen LogP contribution in [-0.4, -0.2) is 70.3 Å². The Hall–Kier alpha value is -2.46. The molecular formula is C17H22FN5O3S. The number of ether oxygens (including phenoxy) is 1. The lowest BCUT2D eigenvalue weighted by molar-refractivity contribution is 0.379. The second-order valence-corrected chi connectivity index (χ2v) is 8.27. The maximum atomic E-state index is 13.9. The van der Waals surface area contributed by atoms with Gasteiger partial charge in [-0.1, -0.05) is 0 Å². The van der Waals surface area contributed by atoms with E-state index in [1.807, 2.05) is 36.0 Å². The zero-order valence-corrected chi connectivity index (χ0v) is 16.3. The predicted molar refractivity (Wildman–Crippen MR) is 100 cm³/mol. The third-order valence-corrected chi connectivity index (χ3v) is 6.31. The van der Waals surface area contributed by atoms with E-state index >= 15 is 0 Å². The van der Waals surface area contributed by atoms with Crippen LogP contribution in [0.15, 0.2) is 35.2 Å². The van der Waals surface area contributed by atoms with E-state index in [0.717, 1.165) is 11.9 Å². The molecule has 0 radical (unpaired) electrons.